The number of rotatable bonds is 8. The fourth-order valence-corrected chi connectivity index (χ4v) is 1.47. The van der Waals surface area contributed by atoms with Crippen LogP contribution < -0.4 is 11.1 Å². The molecule has 0 bridgehead atoms. The van der Waals surface area contributed by atoms with E-state index in [0.717, 1.165) is 25.3 Å². The van der Waals surface area contributed by atoms with Crippen molar-refractivity contribution < 1.29 is 4.74 Å². The first kappa shape index (κ1) is 19.1. The molecule has 0 aliphatic rings. The maximum absolute atomic E-state index is 5.74. The van der Waals surface area contributed by atoms with Crippen LogP contribution in [-0.2, 0) is 11.2 Å². The lowest BCUT2D eigenvalue weighted by molar-refractivity contribution is 0.117. The Morgan fingerprint density at radius 2 is 2.25 bits per heavy atom. The van der Waals surface area contributed by atoms with Gasteiger partial charge in [-0.1, -0.05) is 19.9 Å². The topological polar surface area (TPSA) is 72.5 Å². The Labute approximate surface area is 138 Å². The highest BCUT2D eigenvalue weighted by atomic mass is 127. The summed E-state index contributed by atoms with van der Waals surface area (Å²) in [7, 11) is 0. The van der Waals surface area contributed by atoms with Gasteiger partial charge in [-0.3, -0.25) is 9.98 Å². The van der Waals surface area contributed by atoms with Crippen molar-refractivity contribution in [3.8, 4) is 0 Å². The first-order valence-corrected chi connectivity index (χ1v) is 6.70. The number of hydrogen-bond acceptors (Lipinski definition) is 3. The van der Waals surface area contributed by atoms with E-state index in [1.807, 2.05) is 18.2 Å². The lowest BCUT2D eigenvalue weighted by Crippen LogP contribution is -2.33. The number of nitrogens with two attached hydrogens (primary N) is 1. The SMILES string of the molecule is CC(C)COCCN=C(N)NCCc1ccccn1.I. The summed E-state index contributed by atoms with van der Waals surface area (Å²) in [5.41, 5.74) is 6.79. The number of nitrogens with zero attached hydrogens (tertiary/aromatic N) is 2. The van der Waals surface area contributed by atoms with Gasteiger partial charge in [-0.05, 0) is 18.1 Å². The summed E-state index contributed by atoms with van der Waals surface area (Å²) in [6.45, 7) is 6.95. The molecule has 0 unspecified atom stereocenters. The second kappa shape index (κ2) is 11.9. The minimum Gasteiger partial charge on any atom is -0.379 e. The van der Waals surface area contributed by atoms with E-state index >= 15 is 0 Å². The lowest BCUT2D eigenvalue weighted by Gasteiger charge is -2.07. The third kappa shape index (κ3) is 9.96. The molecule has 6 heteroatoms. The summed E-state index contributed by atoms with van der Waals surface area (Å²) < 4.78 is 5.42. The van der Waals surface area contributed by atoms with Gasteiger partial charge in [0.1, 0.15) is 0 Å². The molecule has 0 spiro atoms. The number of pyridine rings is 1. The van der Waals surface area contributed by atoms with Crippen LogP contribution in [0.15, 0.2) is 29.4 Å². The normalized spacial score (nSPS) is 11.2. The fourth-order valence-electron chi connectivity index (χ4n) is 1.47. The third-order valence-corrected chi connectivity index (χ3v) is 2.38. The summed E-state index contributed by atoms with van der Waals surface area (Å²) in [6.07, 6.45) is 2.62. The Morgan fingerprint density at radius 1 is 1.45 bits per heavy atom. The Balaban J connectivity index is 0.00000361. The van der Waals surface area contributed by atoms with E-state index in [9.17, 15) is 0 Å². The second-order valence-electron chi connectivity index (χ2n) is 4.73. The summed E-state index contributed by atoms with van der Waals surface area (Å²) in [5, 5.41) is 3.06. The molecule has 0 atom stereocenters. The first-order valence-electron chi connectivity index (χ1n) is 6.70. The third-order valence-electron chi connectivity index (χ3n) is 2.38. The van der Waals surface area contributed by atoms with Crippen LogP contribution in [0.3, 0.4) is 0 Å². The largest absolute Gasteiger partial charge is 0.379 e. The molecule has 3 N–H and O–H groups in total. The molecule has 20 heavy (non-hydrogen) atoms. The zero-order valence-corrected chi connectivity index (χ0v) is 14.5. The maximum atomic E-state index is 5.74. The van der Waals surface area contributed by atoms with Crippen LogP contribution in [0.4, 0.5) is 0 Å². The zero-order chi connectivity index (χ0) is 13.9. The molecule has 0 saturated heterocycles. The molecule has 0 aliphatic carbocycles. The van der Waals surface area contributed by atoms with Gasteiger partial charge in [0, 0.05) is 31.5 Å². The summed E-state index contributed by atoms with van der Waals surface area (Å²) in [6, 6.07) is 5.88. The Morgan fingerprint density at radius 3 is 2.90 bits per heavy atom. The van der Waals surface area contributed by atoms with Crippen molar-refractivity contribution in [2.24, 2.45) is 16.6 Å². The Hall–Kier alpha value is -0.890. The van der Waals surface area contributed by atoms with Crippen molar-refractivity contribution in [2.45, 2.75) is 20.3 Å². The van der Waals surface area contributed by atoms with Gasteiger partial charge in [0.25, 0.3) is 0 Å². The van der Waals surface area contributed by atoms with E-state index in [2.05, 4.69) is 29.1 Å². The molecule has 1 aromatic rings. The van der Waals surface area contributed by atoms with Gasteiger partial charge in [-0.25, -0.2) is 0 Å². The fraction of sp³-hybridized carbons (Fsp3) is 0.571. The van der Waals surface area contributed by atoms with Crippen molar-refractivity contribution in [1.82, 2.24) is 10.3 Å². The number of halogens is 1. The molecule has 5 nitrogen and oxygen atoms in total. The monoisotopic (exact) mass is 392 g/mol. The van der Waals surface area contributed by atoms with Crippen molar-refractivity contribution in [3.05, 3.63) is 30.1 Å². The molecule has 0 aliphatic heterocycles. The molecule has 0 radical (unpaired) electrons. The number of aromatic nitrogens is 1. The number of guanidine groups is 1. The molecule has 0 fully saturated rings. The van der Waals surface area contributed by atoms with E-state index < -0.39 is 0 Å². The van der Waals surface area contributed by atoms with Gasteiger partial charge >= 0.3 is 0 Å². The number of ether oxygens (including phenoxy) is 1. The Kier molecular flexibility index (Phi) is 11.4. The van der Waals surface area contributed by atoms with E-state index in [0.29, 0.717) is 25.0 Å². The van der Waals surface area contributed by atoms with Crippen LogP contribution in [0.2, 0.25) is 0 Å². The standard InChI is InChI=1S/C14H24N4O.HI/c1-12(2)11-19-10-9-18-14(15)17-8-6-13-5-3-4-7-16-13;/h3-5,7,12H,6,8-11H2,1-2H3,(H3,15,17,18);1H. The summed E-state index contributed by atoms with van der Waals surface area (Å²) in [4.78, 5) is 8.43. The van der Waals surface area contributed by atoms with E-state index in [-0.39, 0.29) is 24.0 Å². The molecule has 1 rings (SSSR count). The maximum Gasteiger partial charge on any atom is 0.188 e. The van der Waals surface area contributed by atoms with Crippen LogP contribution in [0.5, 0.6) is 0 Å². The number of aliphatic imine (C=N–C) groups is 1. The molecule has 0 amide bonds. The van der Waals surface area contributed by atoms with Gasteiger partial charge in [-0.15, -0.1) is 24.0 Å². The van der Waals surface area contributed by atoms with Gasteiger partial charge < -0.3 is 15.8 Å². The van der Waals surface area contributed by atoms with E-state index in [1.165, 1.54) is 0 Å². The smallest absolute Gasteiger partial charge is 0.188 e. The van der Waals surface area contributed by atoms with Gasteiger partial charge in [0.05, 0.1) is 13.2 Å². The van der Waals surface area contributed by atoms with Crippen molar-refractivity contribution >= 4 is 29.9 Å². The van der Waals surface area contributed by atoms with Crippen molar-refractivity contribution in [2.75, 3.05) is 26.3 Å². The summed E-state index contributed by atoms with van der Waals surface area (Å²) >= 11 is 0. The van der Waals surface area contributed by atoms with Crippen LogP contribution in [0, 0.1) is 5.92 Å². The summed E-state index contributed by atoms with van der Waals surface area (Å²) in [5.74, 6) is 1.02. The average molecular weight is 392 g/mol. The molecule has 114 valence electrons. The van der Waals surface area contributed by atoms with Crippen LogP contribution in [-0.4, -0.2) is 37.2 Å². The zero-order valence-electron chi connectivity index (χ0n) is 12.2. The molecular formula is C14H25IN4O. The minimum absolute atomic E-state index is 0. The highest BCUT2D eigenvalue weighted by Crippen LogP contribution is 1.93. The molecule has 0 saturated carbocycles. The molecule has 0 aromatic carbocycles. The van der Waals surface area contributed by atoms with Crippen molar-refractivity contribution in [3.63, 3.8) is 0 Å². The highest BCUT2D eigenvalue weighted by Gasteiger charge is 1.95. The van der Waals surface area contributed by atoms with Gasteiger partial charge in [0.2, 0.25) is 0 Å². The van der Waals surface area contributed by atoms with E-state index in [1.54, 1.807) is 6.20 Å². The molecular weight excluding hydrogens is 367 g/mol. The predicted molar refractivity (Wildman–Crippen MR) is 93.5 cm³/mol. The Bertz CT molecular complexity index is 371. The first-order chi connectivity index (χ1) is 9.18. The second-order valence-corrected chi connectivity index (χ2v) is 4.73. The number of nitrogens with one attached hydrogen (secondary N) is 1. The van der Waals surface area contributed by atoms with Gasteiger partial charge in [0.15, 0.2) is 5.96 Å². The quantitative estimate of drug-likeness (QED) is 0.306. The van der Waals surface area contributed by atoms with Crippen LogP contribution >= 0.6 is 24.0 Å². The average Bonchev–Trinajstić information content (AvgIpc) is 2.39. The molecule has 1 heterocycles. The van der Waals surface area contributed by atoms with Gasteiger partial charge in [-0.2, -0.15) is 0 Å². The van der Waals surface area contributed by atoms with Crippen LogP contribution in [0.1, 0.15) is 19.5 Å². The lowest BCUT2D eigenvalue weighted by atomic mass is 10.2. The van der Waals surface area contributed by atoms with E-state index in [4.69, 9.17) is 10.5 Å². The predicted octanol–water partition coefficient (Wildman–Crippen LogP) is 1.82. The number of hydrogen-bond donors (Lipinski definition) is 2. The van der Waals surface area contributed by atoms with Crippen LogP contribution in [0.25, 0.3) is 0 Å². The van der Waals surface area contributed by atoms with Crippen molar-refractivity contribution in [1.29, 1.82) is 0 Å². The molecule has 1 aromatic heterocycles. The highest BCUT2D eigenvalue weighted by molar-refractivity contribution is 14.0. The minimum atomic E-state index is 0.